The molecule has 29 heavy (non-hydrogen) atoms. The number of carbonyl (C=O) groups excluding carboxylic acids is 1. The number of pyridine rings is 1. The van der Waals surface area contributed by atoms with E-state index in [1.165, 1.54) is 19.3 Å². The topological polar surface area (TPSA) is 45.7 Å². The maximum absolute atomic E-state index is 13.4. The Balaban J connectivity index is 0.00000150. The standard InChI is InChI=1S/C22H27N3O2.2ClH/c1-22(2)21(26)25(20-19(27-22)12-9-13-23-20)18(17-10-5-3-6-11-17)16-24-14-7-4-8-15-24;;/h3,5-6,9-13,18H,4,7-8,14-16H2,1-2H3;2*1H. The molecule has 1 unspecified atom stereocenters. The number of fused-ring (bicyclic) bond motifs is 1. The molecule has 0 saturated carbocycles. The molecule has 2 aliphatic rings. The van der Waals surface area contributed by atoms with E-state index in [1.54, 1.807) is 6.20 Å². The largest absolute Gasteiger partial charge is 0.474 e. The number of hydrogen-bond donors (Lipinski definition) is 0. The first-order valence-corrected chi connectivity index (χ1v) is 9.81. The van der Waals surface area contributed by atoms with Crippen LogP contribution in [0.4, 0.5) is 5.82 Å². The van der Waals surface area contributed by atoms with Crippen molar-refractivity contribution in [3.63, 3.8) is 0 Å². The van der Waals surface area contributed by atoms with Crippen LogP contribution in [-0.4, -0.2) is 41.0 Å². The summed E-state index contributed by atoms with van der Waals surface area (Å²) >= 11 is 0. The van der Waals surface area contributed by atoms with Gasteiger partial charge in [0.2, 0.25) is 0 Å². The Morgan fingerprint density at radius 3 is 2.41 bits per heavy atom. The van der Waals surface area contributed by atoms with Crippen molar-refractivity contribution < 1.29 is 9.53 Å². The van der Waals surface area contributed by atoms with E-state index in [-0.39, 0.29) is 36.8 Å². The van der Waals surface area contributed by atoms with Crippen LogP contribution in [0.15, 0.2) is 48.7 Å². The number of piperidine rings is 1. The highest BCUT2D eigenvalue weighted by molar-refractivity contribution is 6.02. The number of halogens is 2. The zero-order valence-corrected chi connectivity index (χ0v) is 18.5. The van der Waals surface area contributed by atoms with Gasteiger partial charge in [-0.1, -0.05) is 36.8 Å². The number of amides is 1. The van der Waals surface area contributed by atoms with Crippen LogP contribution >= 0.6 is 24.8 Å². The normalized spacial score (nSPS) is 19.2. The summed E-state index contributed by atoms with van der Waals surface area (Å²) in [6.45, 7) is 6.64. The van der Waals surface area contributed by atoms with Gasteiger partial charge < -0.3 is 9.64 Å². The van der Waals surface area contributed by atoms with Crippen LogP contribution in [0, 0.1) is 0 Å². The second-order valence-corrected chi connectivity index (χ2v) is 7.90. The van der Waals surface area contributed by atoms with E-state index >= 15 is 0 Å². The highest BCUT2D eigenvalue weighted by Gasteiger charge is 2.45. The molecule has 0 aliphatic carbocycles. The number of aromatic nitrogens is 1. The average Bonchev–Trinajstić information content (AvgIpc) is 2.69. The van der Waals surface area contributed by atoms with Gasteiger partial charge in [0.25, 0.3) is 5.91 Å². The zero-order valence-electron chi connectivity index (χ0n) is 16.9. The highest BCUT2D eigenvalue weighted by Crippen LogP contribution is 2.40. The summed E-state index contributed by atoms with van der Waals surface area (Å²) in [5.74, 6) is 1.24. The summed E-state index contributed by atoms with van der Waals surface area (Å²) in [7, 11) is 0. The van der Waals surface area contributed by atoms with Crippen molar-refractivity contribution in [3.8, 4) is 5.75 Å². The Morgan fingerprint density at radius 1 is 1.03 bits per heavy atom. The third-order valence-electron chi connectivity index (χ3n) is 5.45. The minimum Gasteiger partial charge on any atom is -0.474 e. The number of ether oxygens (including phenoxy) is 1. The number of hydrogen-bond acceptors (Lipinski definition) is 4. The Labute approximate surface area is 185 Å². The van der Waals surface area contributed by atoms with Crippen LogP contribution in [0.5, 0.6) is 5.75 Å². The highest BCUT2D eigenvalue weighted by atomic mass is 35.5. The zero-order chi connectivity index (χ0) is 18.9. The van der Waals surface area contributed by atoms with Gasteiger partial charge in [-0.05, 0) is 57.5 Å². The predicted octanol–water partition coefficient (Wildman–Crippen LogP) is 4.66. The van der Waals surface area contributed by atoms with Gasteiger partial charge in [-0.2, -0.15) is 0 Å². The van der Waals surface area contributed by atoms with Crippen molar-refractivity contribution in [1.82, 2.24) is 9.88 Å². The molecule has 4 rings (SSSR count). The van der Waals surface area contributed by atoms with Crippen LogP contribution in [0.1, 0.15) is 44.7 Å². The number of likely N-dealkylation sites (tertiary alicyclic amines) is 1. The Hall–Kier alpha value is -1.82. The van der Waals surface area contributed by atoms with Gasteiger partial charge in [0, 0.05) is 12.7 Å². The molecule has 1 amide bonds. The summed E-state index contributed by atoms with van der Waals surface area (Å²) in [6, 6.07) is 14.0. The molecule has 0 spiro atoms. The number of benzene rings is 1. The van der Waals surface area contributed by atoms with E-state index in [9.17, 15) is 4.79 Å². The quantitative estimate of drug-likeness (QED) is 0.697. The number of rotatable bonds is 4. The van der Waals surface area contributed by atoms with E-state index < -0.39 is 5.60 Å². The summed E-state index contributed by atoms with van der Waals surface area (Å²) in [4.78, 5) is 22.3. The van der Waals surface area contributed by atoms with Gasteiger partial charge in [-0.25, -0.2) is 4.98 Å². The molecule has 1 aromatic heterocycles. The first-order valence-electron chi connectivity index (χ1n) is 9.81. The van der Waals surface area contributed by atoms with Crippen LogP contribution < -0.4 is 9.64 Å². The van der Waals surface area contributed by atoms with Crippen molar-refractivity contribution in [2.45, 2.75) is 44.8 Å². The first-order chi connectivity index (χ1) is 13.1. The predicted molar refractivity (Wildman–Crippen MR) is 120 cm³/mol. The lowest BCUT2D eigenvalue weighted by atomic mass is 9.98. The average molecular weight is 438 g/mol. The fraction of sp³-hybridized carbons (Fsp3) is 0.455. The Morgan fingerprint density at radius 2 is 1.72 bits per heavy atom. The van der Waals surface area contributed by atoms with Crippen LogP contribution in [0.2, 0.25) is 0 Å². The minimum absolute atomic E-state index is 0. The number of carbonyl (C=O) groups is 1. The van der Waals surface area contributed by atoms with Gasteiger partial charge in [-0.3, -0.25) is 9.69 Å². The fourth-order valence-electron chi connectivity index (χ4n) is 4.03. The summed E-state index contributed by atoms with van der Waals surface area (Å²) in [5.41, 5.74) is 0.219. The monoisotopic (exact) mass is 437 g/mol. The third-order valence-corrected chi connectivity index (χ3v) is 5.45. The van der Waals surface area contributed by atoms with Crippen molar-refractivity contribution in [3.05, 3.63) is 54.2 Å². The molecule has 158 valence electrons. The molecule has 2 aromatic rings. The summed E-state index contributed by atoms with van der Waals surface area (Å²) in [6.07, 6.45) is 5.46. The molecule has 7 heteroatoms. The van der Waals surface area contributed by atoms with Crippen LogP contribution in [-0.2, 0) is 4.79 Å². The van der Waals surface area contributed by atoms with Gasteiger partial charge >= 0.3 is 0 Å². The maximum atomic E-state index is 13.4. The first kappa shape index (κ1) is 23.5. The maximum Gasteiger partial charge on any atom is 0.272 e. The van der Waals surface area contributed by atoms with E-state index in [0.29, 0.717) is 11.6 Å². The SMILES string of the molecule is CC1(C)Oc2cccnc2N(C(CN2CCCCC2)c2ccccc2)C1=O.Cl.Cl. The Bertz CT molecular complexity index is 811. The molecule has 0 N–H and O–H groups in total. The number of nitrogens with zero attached hydrogens (tertiary/aromatic N) is 3. The molecular weight excluding hydrogens is 409 g/mol. The van der Waals surface area contributed by atoms with Gasteiger partial charge in [0.05, 0.1) is 6.04 Å². The molecule has 1 atom stereocenters. The molecule has 1 saturated heterocycles. The molecule has 1 aromatic carbocycles. The van der Waals surface area contributed by atoms with E-state index in [4.69, 9.17) is 4.74 Å². The summed E-state index contributed by atoms with van der Waals surface area (Å²) in [5, 5.41) is 0. The van der Waals surface area contributed by atoms with Gasteiger partial charge in [0.15, 0.2) is 17.2 Å². The van der Waals surface area contributed by atoms with Gasteiger partial charge in [0.1, 0.15) is 0 Å². The molecule has 0 radical (unpaired) electrons. The number of anilines is 1. The smallest absolute Gasteiger partial charge is 0.272 e. The molecule has 0 bridgehead atoms. The molecular formula is C22H29Cl2N3O2. The Kier molecular flexibility index (Phi) is 7.92. The lowest BCUT2D eigenvalue weighted by Gasteiger charge is -2.43. The van der Waals surface area contributed by atoms with Crippen molar-refractivity contribution in [2.75, 3.05) is 24.5 Å². The summed E-state index contributed by atoms with van der Waals surface area (Å²) < 4.78 is 5.97. The van der Waals surface area contributed by atoms with E-state index in [2.05, 4.69) is 22.0 Å². The molecule has 2 aliphatic heterocycles. The molecule has 5 nitrogen and oxygen atoms in total. The van der Waals surface area contributed by atoms with Crippen molar-refractivity contribution >= 4 is 36.5 Å². The van der Waals surface area contributed by atoms with Crippen molar-refractivity contribution in [2.24, 2.45) is 0 Å². The second kappa shape index (κ2) is 9.79. The second-order valence-electron chi connectivity index (χ2n) is 7.90. The minimum atomic E-state index is -0.912. The van der Waals surface area contributed by atoms with E-state index in [1.807, 2.05) is 49.1 Å². The van der Waals surface area contributed by atoms with Crippen molar-refractivity contribution in [1.29, 1.82) is 0 Å². The lowest BCUT2D eigenvalue weighted by Crippen LogP contribution is -2.55. The lowest BCUT2D eigenvalue weighted by molar-refractivity contribution is -0.133. The van der Waals surface area contributed by atoms with E-state index in [0.717, 1.165) is 25.2 Å². The van der Waals surface area contributed by atoms with Crippen LogP contribution in [0.25, 0.3) is 0 Å². The molecule has 1 fully saturated rings. The third kappa shape index (κ3) is 4.85. The fourth-order valence-corrected chi connectivity index (χ4v) is 4.03. The molecule has 3 heterocycles. The van der Waals surface area contributed by atoms with Gasteiger partial charge in [-0.15, -0.1) is 24.8 Å². The van der Waals surface area contributed by atoms with Crippen LogP contribution in [0.3, 0.4) is 0 Å².